The van der Waals surface area contributed by atoms with Crippen LogP contribution in [0.15, 0.2) is 288 Å². The Bertz CT molecular complexity index is 4990. The van der Waals surface area contributed by atoms with Gasteiger partial charge in [0.1, 0.15) is 10.0 Å². The maximum Gasteiger partial charge on any atom is 0.303 e. The lowest BCUT2D eigenvalue weighted by Crippen LogP contribution is -2.05. The molecular formula is C83H72BrN5O8S3. The van der Waals surface area contributed by atoms with Crippen LogP contribution in [0.5, 0.6) is 0 Å². The van der Waals surface area contributed by atoms with Crippen molar-refractivity contribution in [3.63, 3.8) is 0 Å². The zero-order chi connectivity index (χ0) is 69.3. The summed E-state index contributed by atoms with van der Waals surface area (Å²) in [6.45, 7) is 0. The van der Waals surface area contributed by atoms with Crippen LogP contribution >= 0.6 is 49.9 Å². The zero-order valence-corrected chi connectivity index (χ0v) is 58.5. The molecule has 7 heterocycles. The van der Waals surface area contributed by atoms with Crippen molar-refractivity contribution in [1.29, 1.82) is 0 Å². The fourth-order valence-electron chi connectivity index (χ4n) is 13.4. The van der Waals surface area contributed by atoms with E-state index < -0.39 is 23.9 Å². The van der Waals surface area contributed by atoms with Crippen molar-refractivity contribution in [1.82, 2.24) is 23.7 Å². The summed E-state index contributed by atoms with van der Waals surface area (Å²) in [5.41, 5.74) is 15.6. The molecule has 0 bridgehead atoms. The number of hydrogen-bond donors (Lipinski definition) is 5. The van der Waals surface area contributed by atoms with Gasteiger partial charge in [-0.05, 0) is 140 Å². The highest BCUT2D eigenvalue weighted by atomic mass is 79.9. The predicted molar refractivity (Wildman–Crippen MR) is 408 cm³/mol. The Kier molecular flexibility index (Phi) is 23.0. The second-order valence-corrected chi connectivity index (χ2v) is 28.4. The Hall–Kier alpha value is -10.7. The normalized spacial score (nSPS) is 12.3. The molecule has 0 spiro atoms. The van der Waals surface area contributed by atoms with E-state index in [0.717, 1.165) is 85.0 Å². The topological polar surface area (TPSA) is 193 Å². The van der Waals surface area contributed by atoms with E-state index in [1.165, 1.54) is 21.9 Å². The van der Waals surface area contributed by atoms with Crippen molar-refractivity contribution in [2.75, 3.05) is 0 Å². The average molecular weight is 1440 g/mol. The van der Waals surface area contributed by atoms with Gasteiger partial charge in [-0.15, -0.1) is 34.0 Å². The molecule has 0 aliphatic rings. The van der Waals surface area contributed by atoms with E-state index in [9.17, 15) is 34.5 Å². The van der Waals surface area contributed by atoms with Crippen molar-refractivity contribution in [2.24, 2.45) is 0 Å². The van der Waals surface area contributed by atoms with Gasteiger partial charge in [-0.25, -0.2) is 0 Å². The van der Waals surface area contributed by atoms with E-state index in [0.29, 0.717) is 25.7 Å². The van der Waals surface area contributed by atoms with Crippen LogP contribution in [-0.2, 0) is 19.2 Å². The molecule has 0 fully saturated rings. The number of thiazole rings is 1. The maximum atomic E-state index is 11.3. The highest BCUT2D eigenvalue weighted by Gasteiger charge is 2.26. The van der Waals surface area contributed by atoms with Gasteiger partial charge in [-0.1, -0.05) is 194 Å². The standard InChI is InChI=1S/C22H18BrNO2S.C22H19NO2S.C21H18N2O2S.C18H17NO2/c23-20-11-12-21(27-20)24-14-18(17-8-4-5-9-19(17)24)16(10-13-22(25)26)15-6-2-1-3-7-15;24-22(25)13-12-17(16-7-2-1-3-8-16)19-15-23(21-11-6-14-26-21)20-10-5-4-9-18(19)20;24-21(25)11-10-16(15-6-2-1-3-7-15)18-13-23(20-12-22-14-26-20)19-9-5-4-8-17(18)19;20-18(21)11-10-14(13-6-2-1-3-7-13)16-12-19-17-9-5-4-8-15(16)17/h1-9,11-12,14,16H,10,13H2,(H,25,26);1-11,14-15,17H,12-13H2,(H,24,25);1-9,12-14,16H,10-11H2,(H,24,25);1-9,12,14,19H,10-11H2,(H,20,21). The molecule has 0 radical (unpaired) electrons. The van der Waals surface area contributed by atoms with Crippen LogP contribution in [0.3, 0.4) is 0 Å². The summed E-state index contributed by atoms with van der Waals surface area (Å²) in [6, 6.07) is 82.0. The summed E-state index contributed by atoms with van der Waals surface area (Å²) in [5.74, 6) is -2.82. The van der Waals surface area contributed by atoms with Gasteiger partial charge in [0.25, 0.3) is 0 Å². The molecule has 0 saturated heterocycles. The second kappa shape index (κ2) is 33.2. The fourth-order valence-corrected chi connectivity index (χ4v) is 16.1. The molecule has 17 heteroatoms. The first kappa shape index (κ1) is 69.2. The van der Waals surface area contributed by atoms with Crippen LogP contribution in [0.2, 0.25) is 0 Å². The van der Waals surface area contributed by atoms with Gasteiger partial charge >= 0.3 is 23.9 Å². The van der Waals surface area contributed by atoms with Gasteiger partial charge in [0.05, 0.1) is 37.0 Å². The number of carboxylic acids is 4. The molecule has 8 aromatic carbocycles. The largest absolute Gasteiger partial charge is 0.481 e. The first-order valence-corrected chi connectivity index (χ1v) is 36.3. The number of aromatic nitrogens is 5. The van der Waals surface area contributed by atoms with Gasteiger partial charge in [0.2, 0.25) is 0 Å². The summed E-state index contributed by atoms with van der Waals surface area (Å²) >= 11 is 8.51. The number of nitrogens with zero attached hydrogens (tertiary/aromatic N) is 4. The second-order valence-electron chi connectivity index (χ2n) is 24.2. The Balaban J connectivity index is 0.000000127. The molecule has 0 saturated carbocycles. The van der Waals surface area contributed by atoms with Crippen molar-refractivity contribution < 1.29 is 39.6 Å². The number of rotatable bonds is 23. The summed E-state index contributed by atoms with van der Waals surface area (Å²) in [4.78, 5) is 52.1. The monoisotopic (exact) mass is 1440 g/mol. The quantitative estimate of drug-likeness (QED) is 0.0414. The van der Waals surface area contributed by atoms with Crippen LogP contribution in [0.1, 0.15) is 120 Å². The molecule has 0 aliphatic heterocycles. The third kappa shape index (κ3) is 16.7. The van der Waals surface area contributed by atoms with Gasteiger partial charge in [-0.2, -0.15) is 0 Å². The highest BCUT2D eigenvalue weighted by molar-refractivity contribution is 9.11. The maximum absolute atomic E-state index is 11.3. The van der Waals surface area contributed by atoms with Crippen LogP contribution in [-0.4, -0.2) is 68.0 Å². The number of aromatic amines is 1. The number of benzene rings is 8. The first-order valence-electron chi connectivity index (χ1n) is 33.0. The molecule has 15 rings (SSSR count). The fraction of sp³-hybridized carbons (Fsp3) is 0.145. The van der Waals surface area contributed by atoms with Gasteiger partial charge in [-0.3, -0.25) is 24.2 Å². The molecule has 13 nitrogen and oxygen atoms in total. The van der Waals surface area contributed by atoms with E-state index in [-0.39, 0.29) is 49.4 Å². The number of carbonyl (C=O) groups is 4. The summed E-state index contributed by atoms with van der Waals surface area (Å²) in [5, 5.41) is 46.8. The van der Waals surface area contributed by atoms with Gasteiger partial charge < -0.3 is 39.1 Å². The number of halogens is 1. The zero-order valence-electron chi connectivity index (χ0n) is 54.4. The SMILES string of the molecule is O=C(O)CCC(c1ccccc1)c1c[nH]c2ccccc12.O=C(O)CCC(c1ccccc1)c1cn(-c2ccc(Br)s2)c2ccccc12.O=C(O)CCC(c1ccccc1)c1cn(-c2cccs2)c2ccccc12.O=C(O)CCC(c1ccccc1)c1cn(-c2cncs2)c2ccccc12. The van der Waals surface area contributed by atoms with Crippen molar-refractivity contribution in [3.05, 3.63) is 333 Å². The van der Waals surface area contributed by atoms with E-state index in [4.69, 9.17) is 5.11 Å². The number of thiophene rings is 2. The lowest BCUT2D eigenvalue weighted by atomic mass is 9.87. The number of hydrogen-bond acceptors (Lipinski definition) is 8. The van der Waals surface area contributed by atoms with E-state index in [1.54, 1.807) is 34.0 Å². The minimum absolute atomic E-state index is 0.0337. The highest BCUT2D eigenvalue weighted by Crippen LogP contribution is 2.42. The number of carboxylic acid groups (broad SMARTS) is 4. The number of aliphatic carboxylic acids is 4. The minimum Gasteiger partial charge on any atom is -0.481 e. The van der Waals surface area contributed by atoms with Crippen molar-refractivity contribution >= 4 is 117 Å². The van der Waals surface area contributed by atoms with Crippen LogP contribution < -0.4 is 0 Å². The van der Waals surface area contributed by atoms with Crippen LogP contribution in [0.25, 0.3) is 58.6 Å². The summed E-state index contributed by atoms with van der Waals surface area (Å²) in [7, 11) is 0. The predicted octanol–water partition coefficient (Wildman–Crippen LogP) is 21.4. The smallest absolute Gasteiger partial charge is 0.303 e. The Morgan fingerprint density at radius 2 is 0.740 bits per heavy atom. The molecule has 7 aromatic heterocycles. The van der Waals surface area contributed by atoms with Crippen LogP contribution in [0.4, 0.5) is 0 Å². The number of fused-ring (bicyclic) bond motifs is 4. The van der Waals surface area contributed by atoms with Crippen LogP contribution in [0, 0.1) is 0 Å². The lowest BCUT2D eigenvalue weighted by Gasteiger charge is -2.16. The molecule has 0 aliphatic carbocycles. The third-order valence-corrected chi connectivity index (χ3v) is 21.2. The Labute approximate surface area is 599 Å². The number of H-pyrrole nitrogens is 1. The average Bonchev–Trinajstić information content (AvgIpc) is 1.64. The minimum atomic E-state index is -0.767. The molecule has 100 heavy (non-hydrogen) atoms. The number of nitrogens with one attached hydrogen (secondary N) is 1. The Morgan fingerprint density at radius 1 is 0.380 bits per heavy atom. The van der Waals surface area contributed by atoms with E-state index in [1.807, 2.05) is 157 Å². The van der Waals surface area contributed by atoms with Gasteiger partial charge in [0, 0.05) is 101 Å². The van der Waals surface area contributed by atoms with Crippen molar-refractivity contribution in [2.45, 2.75) is 75.0 Å². The summed E-state index contributed by atoms with van der Waals surface area (Å²) in [6.07, 6.45) is 13.3. The molecule has 15 aromatic rings. The van der Waals surface area contributed by atoms with E-state index >= 15 is 0 Å². The van der Waals surface area contributed by atoms with Crippen molar-refractivity contribution in [3.8, 4) is 15.0 Å². The molecular weight excluding hydrogens is 1370 g/mol. The molecule has 502 valence electrons. The lowest BCUT2D eigenvalue weighted by molar-refractivity contribution is -0.138. The third-order valence-electron chi connectivity index (χ3n) is 17.9. The molecule has 5 N–H and O–H groups in total. The van der Waals surface area contributed by atoms with Gasteiger partial charge in [0.15, 0.2) is 0 Å². The Morgan fingerprint density at radius 3 is 1.10 bits per heavy atom. The first-order chi connectivity index (χ1) is 48.9. The van der Waals surface area contributed by atoms with E-state index in [2.05, 4.69) is 167 Å². The molecule has 4 atom stereocenters. The summed E-state index contributed by atoms with van der Waals surface area (Å²) < 4.78 is 7.66. The molecule has 4 unspecified atom stereocenters. The molecule has 0 amide bonds. The number of para-hydroxylation sites is 4.